The normalized spacial score (nSPS) is 30.9. The second kappa shape index (κ2) is 1.73. The van der Waals surface area contributed by atoms with Gasteiger partial charge in [0.2, 0.25) is 0 Å². The van der Waals surface area contributed by atoms with Gasteiger partial charge in [-0.25, -0.2) is 0 Å². The Labute approximate surface area is 65.8 Å². The van der Waals surface area contributed by atoms with E-state index in [0.29, 0.717) is 6.04 Å². The molecule has 0 aromatic heterocycles. The zero-order valence-electron chi connectivity index (χ0n) is 6.20. The lowest BCUT2D eigenvalue weighted by Gasteiger charge is -2.07. The first kappa shape index (κ1) is 5.53. The highest BCUT2D eigenvalue weighted by atomic mass is 14.9. The lowest BCUT2D eigenvalue weighted by Crippen LogP contribution is -1.98. The van der Waals surface area contributed by atoms with Gasteiger partial charge >= 0.3 is 0 Å². The van der Waals surface area contributed by atoms with E-state index >= 15 is 0 Å². The molecule has 1 aliphatic carbocycles. The molecule has 2 aliphatic rings. The van der Waals surface area contributed by atoms with Crippen molar-refractivity contribution in [3.63, 3.8) is 0 Å². The third kappa shape index (κ3) is 0.681. The monoisotopic (exact) mass is 143 g/mol. The van der Waals surface area contributed by atoms with Crippen molar-refractivity contribution in [3.8, 4) is 0 Å². The van der Waals surface area contributed by atoms with E-state index < -0.39 is 0 Å². The standard InChI is InChI=1S/C10H9N/c1-2-4-8-7(3-1)6-11-10-5-9(8)10/h1-4,6,9-10H,5H2/t9?,10-/m1/s1. The van der Waals surface area contributed by atoms with E-state index in [0.717, 1.165) is 5.92 Å². The molecule has 1 aromatic carbocycles. The van der Waals surface area contributed by atoms with Crippen LogP contribution in [-0.2, 0) is 0 Å². The van der Waals surface area contributed by atoms with Crippen molar-refractivity contribution in [2.45, 2.75) is 18.4 Å². The second-order valence-electron chi connectivity index (χ2n) is 3.32. The fourth-order valence-electron chi connectivity index (χ4n) is 1.82. The first-order valence-electron chi connectivity index (χ1n) is 4.07. The number of aliphatic imine (C=N–C) groups is 1. The van der Waals surface area contributed by atoms with Crippen LogP contribution in [0.4, 0.5) is 0 Å². The first-order valence-corrected chi connectivity index (χ1v) is 4.07. The van der Waals surface area contributed by atoms with E-state index in [4.69, 9.17) is 0 Å². The molecule has 0 radical (unpaired) electrons. The first-order chi connectivity index (χ1) is 5.45. The average Bonchev–Trinajstić information content (AvgIpc) is 2.83. The highest BCUT2D eigenvalue weighted by Crippen LogP contribution is 2.46. The summed E-state index contributed by atoms with van der Waals surface area (Å²) >= 11 is 0. The van der Waals surface area contributed by atoms with Gasteiger partial charge in [-0.2, -0.15) is 0 Å². The topological polar surface area (TPSA) is 12.4 Å². The molecule has 11 heavy (non-hydrogen) atoms. The number of rotatable bonds is 0. The van der Waals surface area contributed by atoms with Gasteiger partial charge in [-0.3, -0.25) is 4.99 Å². The smallest absolute Gasteiger partial charge is 0.0575 e. The van der Waals surface area contributed by atoms with Crippen LogP contribution in [0.1, 0.15) is 23.5 Å². The Morgan fingerprint density at radius 2 is 2.18 bits per heavy atom. The van der Waals surface area contributed by atoms with Crippen molar-refractivity contribution in [1.29, 1.82) is 0 Å². The lowest BCUT2D eigenvalue weighted by atomic mass is 10.0. The van der Waals surface area contributed by atoms with Crippen LogP contribution in [0.25, 0.3) is 0 Å². The number of fused-ring (bicyclic) bond motifs is 3. The predicted molar refractivity (Wildman–Crippen MR) is 45.2 cm³/mol. The molecular weight excluding hydrogens is 134 g/mol. The van der Waals surface area contributed by atoms with Gasteiger partial charge in [0, 0.05) is 12.1 Å². The van der Waals surface area contributed by atoms with Crippen LogP contribution in [0.5, 0.6) is 0 Å². The molecule has 1 fully saturated rings. The molecule has 1 aliphatic heterocycles. The predicted octanol–water partition coefficient (Wildman–Crippen LogP) is 1.98. The van der Waals surface area contributed by atoms with Gasteiger partial charge in [-0.1, -0.05) is 24.3 Å². The number of nitrogens with zero attached hydrogens (tertiary/aromatic N) is 1. The van der Waals surface area contributed by atoms with Gasteiger partial charge < -0.3 is 0 Å². The van der Waals surface area contributed by atoms with Crippen LogP contribution in [0.2, 0.25) is 0 Å². The van der Waals surface area contributed by atoms with Gasteiger partial charge in [-0.05, 0) is 17.5 Å². The Bertz CT molecular complexity index is 327. The molecule has 1 heteroatoms. The largest absolute Gasteiger partial charge is 0.289 e. The maximum atomic E-state index is 4.42. The number of hydrogen-bond acceptors (Lipinski definition) is 1. The van der Waals surface area contributed by atoms with Gasteiger partial charge in [0.1, 0.15) is 0 Å². The molecule has 1 heterocycles. The van der Waals surface area contributed by atoms with E-state index in [1.807, 2.05) is 6.21 Å². The van der Waals surface area contributed by atoms with Crippen LogP contribution in [0.15, 0.2) is 29.3 Å². The molecule has 1 nitrogen and oxygen atoms in total. The third-order valence-electron chi connectivity index (χ3n) is 2.56. The molecule has 1 unspecified atom stereocenters. The molecule has 0 bridgehead atoms. The van der Waals surface area contributed by atoms with Gasteiger partial charge in [0.15, 0.2) is 0 Å². The SMILES string of the molecule is C1=N[C@@H]2CC2c2ccccc21. The van der Waals surface area contributed by atoms with E-state index in [9.17, 15) is 0 Å². The van der Waals surface area contributed by atoms with E-state index in [-0.39, 0.29) is 0 Å². The quantitative estimate of drug-likeness (QED) is 0.526. The molecule has 0 saturated heterocycles. The summed E-state index contributed by atoms with van der Waals surface area (Å²) in [5, 5.41) is 0. The molecule has 3 rings (SSSR count). The summed E-state index contributed by atoms with van der Waals surface area (Å²) < 4.78 is 0. The molecule has 0 N–H and O–H groups in total. The van der Waals surface area contributed by atoms with Crippen molar-refractivity contribution in [1.82, 2.24) is 0 Å². The fourth-order valence-corrected chi connectivity index (χ4v) is 1.82. The summed E-state index contributed by atoms with van der Waals surface area (Å²) in [7, 11) is 0. The Morgan fingerprint density at radius 1 is 1.27 bits per heavy atom. The van der Waals surface area contributed by atoms with Crippen molar-refractivity contribution in [2.75, 3.05) is 0 Å². The van der Waals surface area contributed by atoms with E-state index in [2.05, 4.69) is 29.3 Å². The highest BCUT2D eigenvalue weighted by Gasteiger charge is 2.40. The molecular formula is C10H9N. The summed E-state index contributed by atoms with van der Waals surface area (Å²) in [6.45, 7) is 0. The number of benzene rings is 1. The molecule has 1 aromatic rings. The Balaban J connectivity index is 2.24. The van der Waals surface area contributed by atoms with Crippen LogP contribution in [0.3, 0.4) is 0 Å². The van der Waals surface area contributed by atoms with E-state index in [1.54, 1.807) is 0 Å². The van der Waals surface area contributed by atoms with Gasteiger partial charge in [0.05, 0.1) is 6.04 Å². The van der Waals surface area contributed by atoms with E-state index in [1.165, 1.54) is 17.5 Å². The minimum absolute atomic E-state index is 0.630. The molecule has 0 spiro atoms. The maximum absolute atomic E-state index is 4.42. The van der Waals surface area contributed by atoms with Crippen molar-refractivity contribution < 1.29 is 0 Å². The summed E-state index contributed by atoms with van der Waals surface area (Å²) in [6.07, 6.45) is 3.29. The molecule has 54 valence electrons. The van der Waals surface area contributed by atoms with Crippen molar-refractivity contribution in [2.24, 2.45) is 4.99 Å². The van der Waals surface area contributed by atoms with Crippen molar-refractivity contribution in [3.05, 3.63) is 35.4 Å². The Morgan fingerprint density at radius 3 is 3.18 bits per heavy atom. The third-order valence-corrected chi connectivity index (χ3v) is 2.56. The van der Waals surface area contributed by atoms with Crippen LogP contribution in [-0.4, -0.2) is 12.3 Å². The average molecular weight is 143 g/mol. The van der Waals surface area contributed by atoms with Crippen LogP contribution < -0.4 is 0 Å². The Kier molecular flexibility index (Phi) is 0.869. The zero-order chi connectivity index (χ0) is 7.26. The lowest BCUT2D eigenvalue weighted by molar-refractivity contribution is 0.974. The summed E-state index contributed by atoms with van der Waals surface area (Å²) in [5.41, 5.74) is 2.83. The molecule has 0 amide bonds. The minimum atomic E-state index is 0.630. The summed E-state index contributed by atoms with van der Waals surface area (Å²) in [5.74, 6) is 0.760. The van der Waals surface area contributed by atoms with Gasteiger partial charge in [-0.15, -0.1) is 0 Å². The number of hydrogen-bond donors (Lipinski definition) is 0. The summed E-state index contributed by atoms with van der Waals surface area (Å²) in [4.78, 5) is 4.42. The molecule has 2 atom stereocenters. The zero-order valence-corrected chi connectivity index (χ0v) is 6.20. The summed E-state index contributed by atoms with van der Waals surface area (Å²) in [6, 6.07) is 9.20. The maximum Gasteiger partial charge on any atom is 0.0575 e. The van der Waals surface area contributed by atoms with Crippen molar-refractivity contribution >= 4 is 6.21 Å². The van der Waals surface area contributed by atoms with Crippen LogP contribution in [0, 0.1) is 0 Å². The highest BCUT2D eigenvalue weighted by molar-refractivity contribution is 5.84. The Hall–Kier alpha value is -1.11. The minimum Gasteiger partial charge on any atom is -0.289 e. The van der Waals surface area contributed by atoms with Crippen LogP contribution >= 0.6 is 0 Å². The second-order valence-corrected chi connectivity index (χ2v) is 3.32. The van der Waals surface area contributed by atoms with Gasteiger partial charge in [0.25, 0.3) is 0 Å². The molecule has 1 saturated carbocycles. The fraction of sp³-hybridized carbons (Fsp3) is 0.300.